The van der Waals surface area contributed by atoms with Crippen LogP contribution in [0.3, 0.4) is 0 Å². The summed E-state index contributed by atoms with van der Waals surface area (Å²) >= 11 is 5.80. The second-order valence-electron chi connectivity index (χ2n) is 5.87. The smallest absolute Gasteiger partial charge is 0.251 e. The van der Waals surface area contributed by atoms with Gasteiger partial charge in [0.15, 0.2) is 0 Å². The number of halogens is 1. The summed E-state index contributed by atoms with van der Waals surface area (Å²) < 4.78 is 1.83. The van der Waals surface area contributed by atoms with Crippen molar-refractivity contribution in [2.45, 2.75) is 13.0 Å². The first-order chi connectivity index (χ1) is 12.6. The van der Waals surface area contributed by atoms with Crippen molar-refractivity contribution in [2.75, 3.05) is 13.1 Å². The van der Waals surface area contributed by atoms with Crippen molar-refractivity contribution in [3.63, 3.8) is 0 Å². The van der Waals surface area contributed by atoms with Gasteiger partial charge in [0.25, 0.3) is 5.91 Å². The molecule has 2 N–H and O–H groups in total. The zero-order valence-electron chi connectivity index (χ0n) is 14.3. The lowest BCUT2D eigenvalue weighted by Crippen LogP contribution is -2.37. The summed E-state index contributed by atoms with van der Waals surface area (Å²) in [5.74, 6) is -0.335. The van der Waals surface area contributed by atoms with E-state index in [2.05, 4.69) is 15.6 Å². The number of carbonyl (C=O) groups excluding carboxylic acids is 2. The molecule has 1 aromatic heterocycles. The minimum absolute atomic E-state index is 0.131. The van der Waals surface area contributed by atoms with Crippen LogP contribution >= 0.6 is 11.6 Å². The Morgan fingerprint density at radius 1 is 1.08 bits per heavy atom. The van der Waals surface area contributed by atoms with Crippen molar-refractivity contribution >= 4 is 34.4 Å². The van der Waals surface area contributed by atoms with Crippen LogP contribution in [0.15, 0.2) is 54.9 Å². The number of nitrogens with one attached hydrogen (secondary N) is 2. The van der Waals surface area contributed by atoms with Crippen LogP contribution in [-0.4, -0.2) is 34.5 Å². The predicted octanol–water partition coefficient (Wildman–Crippen LogP) is 2.80. The maximum atomic E-state index is 12.4. The van der Waals surface area contributed by atoms with Crippen LogP contribution in [-0.2, 0) is 4.79 Å². The van der Waals surface area contributed by atoms with Crippen LogP contribution in [0, 0.1) is 0 Å². The van der Waals surface area contributed by atoms with E-state index < -0.39 is 6.04 Å². The van der Waals surface area contributed by atoms with E-state index in [4.69, 9.17) is 11.6 Å². The van der Waals surface area contributed by atoms with Gasteiger partial charge in [-0.25, -0.2) is 4.98 Å². The molecule has 0 aliphatic heterocycles. The van der Waals surface area contributed by atoms with Crippen molar-refractivity contribution in [3.8, 4) is 0 Å². The normalized spacial score (nSPS) is 11.9. The number of imidazole rings is 1. The lowest BCUT2D eigenvalue weighted by molar-refractivity contribution is -0.123. The number of nitrogens with zero attached hydrogens (tertiary/aromatic N) is 2. The van der Waals surface area contributed by atoms with Crippen LogP contribution < -0.4 is 10.6 Å². The molecular formula is C19H19ClN4O2. The minimum atomic E-state index is -0.394. The van der Waals surface area contributed by atoms with Crippen molar-refractivity contribution in [1.82, 2.24) is 20.2 Å². The second kappa shape index (κ2) is 8.01. The Labute approximate surface area is 156 Å². The van der Waals surface area contributed by atoms with Crippen molar-refractivity contribution in [1.29, 1.82) is 0 Å². The number of hydrogen-bond acceptors (Lipinski definition) is 3. The highest BCUT2D eigenvalue weighted by atomic mass is 35.5. The van der Waals surface area contributed by atoms with Gasteiger partial charge in [0.2, 0.25) is 5.91 Å². The molecule has 0 radical (unpaired) electrons. The Hall–Kier alpha value is -2.86. The van der Waals surface area contributed by atoms with E-state index in [0.717, 1.165) is 11.0 Å². The second-order valence-corrected chi connectivity index (χ2v) is 6.31. The molecule has 0 saturated heterocycles. The highest BCUT2D eigenvalue weighted by Gasteiger charge is 2.16. The Kier molecular flexibility index (Phi) is 5.53. The molecule has 134 valence electrons. The molecule has 6 nitrogen and oxygen atoms in total. The summed E-state index contributed by atoms with van der Waals surface area (Å²) in [6, 6.07) is 13.9. The van der Waals surface area contributed by atoms with Crippen LogP contribution in [0.4, 0.5) is 0 Å². The number of hydrogen-bond donors (Lipinski definition) is 2. The average molecular weight is 371 g/mol. The summed E-state index contributed by atoms with van der Waals surface area (Å²) in [6.07, 6.45) is 1.66. The number of carbonyl (C=O) groups is 2. The molecule has 0 spiro atoms. The highest BCUT2D eigenvalue weighted by Crippen LogP contribution is 2.17. The molecule has 1 heterocycles. The third-order valence-electron chi connectivity index (χ3n) is 4.09. The fourth-order valence-corrected chi connectivity index (χ4v) is 2.75. The molecule has 0 aliphatic rings. The molecular weight excluding hydrogens is 352 g/mol. The predicted molar refractivity (Wildman–Crippen MR) is 101 cm³/mol. The van der Waals surface area contributed by atoms with Crippen molar-refractivity contribution < 1.29 is 9.59 Å². The standard InChI is InChI=1S/C19H19ClN4O2/c1-13(24-12-23-16-4-2-3-5-17(16)24)18(25)21-10-11-22-19(26)14-6-8-15(20)9-7-14/h2-9,12-13H,10-11H2,1H3,(H,21,25)(H,22,26)/t13-/m1/s1. The molecule has 3 rings (SSSR count). The molecule has 0 fully saturated rings. The Morgan fingerprint density at radius 3 is 2.54 bits per heavy atom. The van der Waals surface area contributed by atoms with Crippen LogP contribution in [0.25, 0.3) is 11.0 Å². The fourth-order valence-electron chi connectivity index (χ4n) is 2.63. The first-order valence-electron chi connectivity index (χ1n) is 8.29. The van der Waals surface area contributed by atoms with E-state index in [9.17, 15) is 9.59 Å². The largest absolute Gasteiger partial charge is 0.353 e. The van der Waals surface area contributed by atoms with Gasteiger partial charge in [0.05, 0.1) is 17.4 Å². The van der Waals surface area contributed by atoms with E-state index >= 15 is 0 Å². The molecule has 2 aromatic carbocycles. The van der Waals surface area contributed by atoms with Gasteiger partial charge in [-0.05, 0) is 43.3 Å². The first-order valence-corrected chi connectivity index (χ1v) is 8.67. The van der Waals surface area contributed by atoms with E-state index in [-0.39, 0.29) is 11.8 Å². The van der Waals surface area contributed by atoms with E-state index in [1.807, 2.05) is 35.8 Å². The van der Waals surface area contributed by atoms with Gasteiger partial charge in [-0.1, -0.05) is 23.7 Å². The van der Waals surface area contributed by atoms with Crippen LogP contribution in [0.1, 0.15) is 23.3 Å². The number of amides is 2. The Bertz CT molecular complexity index is 921. The van der Waals surface area contributed by atoms with E-state index in [1.165, 1.54) is 0 Å². The molecule has 0 saturated carbocycles. The summed E-state index contributed by atoms with van der Waals surface area (Å²) in [4.78, 5) is 28.6. The summed E-state index contributed by atoms with van der Waals surface area (Å²) in [5.41, 5.74) is 2.28. The maximum absolute atomic E-state index is 12.4. The lowest BCUT2D eigenvalue weighted by Gasteiger charge is -2.15. The first kappa shape index (κ1) is 17.9. The summed E-state index contributed by atoms with van der Waals surface area (Å²) in [6.45, 7) is 2.50. The minimum Gasteiger partial charge on any atom is -0.353 e. The Balaban J connectivity index is 1.49. The van der Waals surface area contributed by atoms with Gasteiger partial charge >= 0.3 is 0 Å². The lowest BCUT2D eigenvalue weighted by atomic mass is 10.2. The Morgan fingerprint density at radius 2 is 1.77 bits per heavy atom. The average Bonchev–Trinajstić information content (AvgIpc) is 3.09. The molecule has 0 aliphatic carbocycles. The van der Waals surface area contributed by atoms with Crippen molar-refractivity contribution in [2.24, 2.45) is 0 Å². The highest BCUT2D eigenvalue weighted by molar-refractivity contribution is 6.30. The van der Waals surface area contributed by atoms with Gasteiger partial charge in [0.1, 0.15) is 6.04 Å². The third-order valence-corrected chi connectivity index (χ3v) is 4.35. The number of benzene rings is 2. The van der Waals surface area contributed by atoms with Gasteiger partial charge in [0, 0.05) is 23.7 Å². The maximum Gasteiger partial charge on any atom is 0.251 e. The quantitative estimate of drug-likeness (QED) is 0.655. The van der Waals surface area contributed by atoms with Gasteiger partial charge in [-0.3, -0.25) is 9.59 Å². The number of para-hydroxylation sites is 2. The molecule has 0 unspecified atom stereocenters. The molecule has 26 heavy (non-hydrogen) atoms. The van der Waals surface area contributed by atoms with Gasteiger partial charge < -0.3 is 15.2 Å². The monoisotopic (exact) mass is 370 g/mol. The third kappa shape index (κ3) is 4.03. The summed E-state index contributed by atoms with van der Waals surface area (Å²) in [7, 11) is 0. The molecule has 2 amide bonds. The molecule has 1 atom stereocenters. The van der Waals surface area contributed by atoms with Gasteiger partial charge in [-0.15, -0.1) is 0 Å². The number of fused-ring (bicyclic) bond motifs is 1. The molecule has 7 heteroatoms. The van der Waals surface area contributed by atoms with E-state index in [1.54, 1.807) is 30.6 Å². The summed E-state index contributed by atoms with van der Waals surface area (Å²) in [5, 5.41) is 6.17. The number of rotatable bonds is 6. The van der Waals surface area contributed by atoms with Gasteiger partial charge in [-0.2, -0.15) is 0 Å². The zero-order chi connectivity index (χ0) is 18.5. The molecule has 3 aromatic rings. The number of aromatic nitrogens is 2. The fraction of sp³-hybridized carbons (Fsp3) is 0.211. The SMILES string of the molecule is C[C@H](C(=O)NCCNC(=O)c1ccc(Cl)cc1)n1cnc2ccccc21. The topological polar surface area (TPSA) is 76.0 Å². The van der Waals surface area contributed by atoms with Crippen LogP contribution in [0.5, 0.6) is 0 Å². The zero-order valence-corrected chi connectivity index (χ0v) is 15.0. The molecule has 0 bridgehead atoms. The van der Waals surface area contributed by atoms with E-state index in [0.29, 0.717) is 23.7 Å². The van der Waals surface area contributed by atoms with Crippen molar-refractivity contribution in [3.05, 3.63) is 65.4 Å². The van der Waals surface area contributed by atoms with Crippen LogP contribution in [0.2, 0.25) is 5.02 Å².